The van der Waals surface area contributed by atoms with Crippen molar-refractivity contribution < 1.29 is 19.1 Å². The standard InChI is InChI=1S/C18H19NO4/c1-16(2)15(22)19(3)18(10-7-13(21)11-14(18)23-4)17(16)8-5-12(20)6-9-17/h5-11H,1-4H3. The Labute approximate surface area is 135 Å². The van der Waals surface area contributed by atoms with Crippen LogP contribution < -0.4 is 0 Å². The summed E-state index contributed by atoms with van der Waals surface area (Å²) < 4.78 is 5.51. The van der Waals surface area contributed by atoms with E-state index in [9.17, 15) is 14.4 Å². The second kappa shape index (κ2) is 4.54. The molecule has 5 heteroatoms. The maximum absolute atomic E-state index is 13.0. The zero-order valence-electron chi connectivity index (χ0n) is 13.6. The first kappa shape index (κ1) is 15.5. The van der Waals surface area contributed by atoms with E-state index in [1.54, 1.807) is 30.2 Å². The molecule has 23 heavy (non-hydrogen) atoms. The number of likely N-dealkylation sites (tertiary alicyclic amines) is 1. The Bertz CT molecular complexity index is 722. The quantitative estimate of drug-likeness (QED) is 0.737. The van der Waals surface area contributed by atoms with Crippen molar-refractivity contribution in [2.24, 2.45) is 10.8 Å². The van der Waals surface area contributed by atoms with Gasteiger partial charge in [-0.25, -0.2) is 0 Å². The molecule has 1 atom stereocenters. The Balaban J connectivity index is 2.36. The van der Waals surface area contributed by atoms with Crippen LogP contribution in [0.15, 0.2) is 48.3 Å². The largest absolute Gasteiger partial charge is 0.498 e. The highest BCUT2D eigenvalue weighted by molar-refractivity contribution is 6.04. The molecular weight excluding hydrogens is 294 g/mol. The lowest BCUT2D eigenvalue weighted by atomic mass is 9.55. The Morgan fingerprint density at radius 1 is 0.957 bits per heavy atom. The predicted molar refractivity (Wildman–Crippen MR) is 84.2 cm³/mol. The van der Waals surface area contributed by atoms with E-state index in [0.29, 0.717) is 5.76 Å². The molecule has 5 nitrogen and oxygen atoms in total. The minimum absolute atomic E-state index is 0.0805. The number of ketones is 2. The normalized spacial score (nSPS) is 30.5. The lowest BCUT2D eigenvalue weighted by Gasteiger charge is -2.48. The van der Waals surface area contributed by atoms with Crippen LogP contribution >= 0.6 is 0 Å². The van der Waals surface area contributed by atoms with Crippen LogP contribution in [0.25, 0.3) is 0 Å². The average Bonchev–Trinajstić information content (AvgIpc) is 2.64. The summed E-state index contributed by atoms with van der Waals surface area (Å²) in [5, 5.41) is 0. The number of likely N-dealkylation sites (N-methyl/N-ethyl adjacent to an activating group) is 1. The number of nitrogens with zero attached hydrogens (tertiary/aromatic N) is 1. The highest BCUT2D eigenvalue weighted by Crippen LogP contribution is 2.62. The summed E-state index contributed by atoms with van der Waals surface area (Å²) in [6.45, 7) is 3.70. The Morgan fingerprint density at radius 3 is 2.09 bits per heavy atom. The molecule has 0 radical (unpaired) electrons. The topological polar surface area (TPSA) is 63.7 Å². The van der Waals surface area contributed by atoms with Crippen molar-refractivity contribution in [3.8, 4) is 0 Å². The number of methoxy groups -OCH3 is 1. The van der Waals surface area contributed by atoms with E-state index >= 15 is 0 Å². The van der Waals surface area contributed by atoms with Crippen LogP contribution in [-0.4, -0.2) is 42.1 Å². The number of rotatable bonds is 1. The van der Waals surface area contributed by atoms with Gasteiger partial charge < -0.3 is 9.64 Å². The molecule has 0 aromatic rings. The van der Waals surface area contributed by atoms with Crippen molar-refractivity contribution in [1.82, 2.24) is 4.90 Å². The van der Waals surface area contributed by atoms with Gasteiger partial charge in [-0.1, -0.05) is 12.2 Å². The van der Waals surface area contributed by atoms with Gasteiger partial charge in [0.05, 0.1) is 17.9 Å². The van der Waals surface area contributed by atoms with E-state index in [4.69, 9.17) is 4.74 Å². The van der Waals surface area contributed by atoms with Gasteiger partial charge in [0.1, 0.15) is 11.3 Å². The van der Waals surface area contributed by atoms with Crippen LogP contribution in [0.4, 0.5) is 0 Å². The van der Waals surface area contributed by atoms with Gasteiger partial charge >= 0.3 is 0 Å². The third-order valence-electron chi connectivity index (χ3n) is 5.41. The Hall–Kier alpha value is -2.43. The third-order valence-corrected chi connectivity index (χ3v) is 5.41. The molecule has 1 fully saturated rings. The molecule has 0 N–H and O–H groups in total. The number of fused-ring (bicyclic) bond motifs is 1. The summed E-state index contributed by atoms with van der Waals surface area (Å²) in [6.07, 6.45) is 11.1. The fourth-order valence-corrected chi connectivity index (χ4v) is 4.12. The van der Waals surface area contributed by atoms with Gasteiger partial charge in [-0.05, 0) is 38.2 Å². The van der Waals surface area contributed by atoms with Gasteiger partial charge in [0.2, 0.25) is 5.91 Å². The molecule has 3 rings (SSSR count). The second-order valence-electron chi connectivity index (χ2n) is 6.64. The predicted octanol–water partition coefficient (Wildman–Crippen LogP) is 1.57. The number of carbonyl (C=O) groups is 3. The van der Waals surface area contributed by atoms with Crippen molar-refractivity contribution in [2.75, 3.05) is 14.2 Å². The number of ether oxygens (including phenoxy) is 1. The molecule has 1 saturated heterocycles. The summed E-state index contributed by atoms with van der Waals surface area (Å²) in [5.74, 6) is 0.00795. The number of amides is 1. The van der Waals surface area contributed by atoms with Crippen LogP contribution in [0.2, 0.25) is 0 Å². The van der Waals surface area contributed by atoms with E-state index in [1.807, 2.05) is 13.8 Å². The molecule has 0 aromatic carbocycles. The first-order valence-electron chi connectivity index (χ1n) is 7.43. The fourth-order valence-electron chi connectivity index (χ4n) is 4.12. The minimum Gasteiger partial charge on any atom is -0.498 e. The van der Waals surface area contributed by atoms with Gasteiger partial charge in [-0.3, -0.25) is 14.4 Å². The highest BCUT2D eigenvalue weighted by atomic mass is 16.5. The lowest BCUT2D eigenvalue weighted by molar-refractivity contribution is -0.135. The molecule has 3 aliphatic rings. The maximum Gasteiger partial charge on any atom is 0.230 e. The number of hydrogen-bond acceptors (Lipinski definition) is 4. The smallest absolute Gasteiger partial charge is 0.230 e. The molecule has 2 aliphatic carbocycles. The third kappa shape index (κ3) is 1.59. The van der Waals surface area contributed by atoms with E-state index in [2.05, 4.69) is 0 Å². The SMILES string of the molecule is COC1=CC(=O)C=CC12N(C)C(=O)C(C)(C)C21C=CC(=O)C=C1. The van der Waals surface area contributed by atoms with E-state index in [-0.39, 0.29) is 17.5 Å². The molecule has 1 aliphatic heterocycles. The molecule has 1 amide bonds. The van der Waals surface area contributed by atoms with Crippen LogP contribution in [0.3, 0.4) is 0 Å². The molecule has 0 saturated carbocycles. The van der Waals surface area contributed by atoms with E-state index in [0.717, 1.165) is 0 Å². The van der Waals surface area contributed by atoms with Crippen molar-refractivity contribution >= 4 is 17.5 Å². The fraction of sp³-hybridized carbons (Fsp3) is 0.389. The first-order chi connectivity index (χ1) is 10.7. The summed E-state index contributed by atoms with van der Waals surface area (Å²) >= 11 is 0. The van der Waals surface area contributed by atoms with Crippen LogP contribution in [-0.2, 0) is 19.1 Å². The summed E-state index contributed by atoms with van der Waals surface area (Å²) in [7, 11) is 3.18. The molecule has 0 aromatic heterocycles. The van der Waals surface area contributed by atoms with E-state index in [1.165, 1.54) is 31.4 Å². The molecule has 2 spiro atoms. The van der Waals surface area contributed by atoms with Crippen molar-refractivity contribution in [3.05, 3.63) is 48.3 Å². The van der Waals surface area contributed by atoms with Gasteiger partial charge in [-0.2, -0.15) is 0 Å². The Morgan fingerprint density at radius 2 is 1.52 bits per heavy atom. The zero-order chi connectivity index (χ0) is 17.0. The average molecular weight is 313 g/mol. The second-order valence-corrected chi connectivity index (χ2v) is 6.64. The highest BCUT2D eigenvalue weighted by Gasteiger charge is 2.71. The summed E-state index contributed by atoms with van der Waals surface area (Å²) in [4.78, 5) is 38.0. The van der Waals surface area contributed by atoms with Crippen LogP contribution in [0.1, 0.15) is 13.8 Å². The number of allylic oxidation sites excluding steroid dienone is 4. The number of carbonyl (C=O) groups excluding carboxylic acids is 3. The minimum atomic E-state index is -0.968. The van der Waals surface area contributed by atoms with Gasteiger partial charge in [0.25, 0.3) is 0 Å². The van der Waals surface area contributed by atoms with Gasteiger partial charge in [0.15, 0.2) is 11.6 Å². The van der Waals surface area contributed by atoms with Gasteiger partial charge in [0, 0.05) is 13.1 Å². The number of hydrogen-bond donors (Lipinski definition) is 0. The molecule has 0 bridgehead atoms. The molecule has 120 valence electrons. The van der Waals surface area contributed by atoms with Crippen molar-refractivity contribution in [3.63, 3.8) is 0 Å². The zero-order valence-corrected chi connectivity index (χ0v) is 13.6. The van der Waals surface area contributed by atoms with Crippen LogP contribution in [0, 0.1) is 10.8 Å². The molecule has 1 heterocycles. The first-order valence-corrected chi connectivity index (χ1v) is 7.43. The maximum atomic E-state index is 13.0. The molecule has 1 unspecified atom stereocenters. The van der Waals surface area contributed by atoms with E-state index < -0.39 is 16.4 Å². The van der Waals surface area contributed by atoms with Gasteiger partial charge in [-0.15, -0.1) is 0 Å². The summed E-state index contributed by atoms with van der Waals surface area (Å²) in [6, 6.07) is 0. The Kier molecular flexibility index (Phi) is 3.05. The van der Waals surface area contributed by atoms with Crippen LogP contribution in [0.5, 0.6) is 0 Å². The monoisotopic (exact) mass is 313 g/mol. The lowest BCUT2D eigenvalue weighted by Crippen LogP contribution is -2.55. The molecular formula is C18H19NO4. The van der Waals surface area contributed by atoms with Crippen molar-refractivity contribution in [1.29, 1.82) is 0 Å². The summed E-state index contributed by atoms with van der Waals surface area (Å²) in [5.41, 5.74) is -2.60. The van der Waals surface area contributed by atoms with Crippen molar-refractivity contribution in [2.45, 2.75) is 19.4 Å².